The Kier molecular flexibility index (Phi) is 13.7. The van der Waals surface area contributed by atoms with E-state index in [-0.39, 0.29) is 30.6 Å². The van der Waals surface area contributed by atoms with Gasteiger partial charge in [-0.3, -0.25) is 0 Å². The maximum Gasteiger partial charge on any atom is 0.124 e. The first-order valence-electron chi connectivity index (χ1n) is 8.71. The van der Waals surface area contributed by atoms with Crippen LogP contribution in [0.2, 0.25) is 0 Å². The number of benzene rings is 2. The monoisotopic (exact) mass is 480 g/mol. The number of hydrogen-bond donors (Lipinski definition) is 1. The molecule has 0 unspecified atom stereocenters. The number of hydrogen-bond acceptors (Lipinski definition) is 3. The molecule has 0 aliphatic carbocycles. The van der Waals surface area contributed by atoms with Gasteiger partial charge >= 0.3 is 0 Å². The van der Waals surface area contributed by atoms with Crippen molar-refractivity contribution in [3.05, 3.63) is 63.9 Å². The molecule has 2 rings (SSSR count). The Morgan fingerprint density at radius 2 is 1.70 bits per heavy atom. The summed E-state index contributed by atoms with van der Waals surface area (Å²) in [6, 6.07) is 12.4. The molecule has 3 nitrogen and oxygen atoms in total. The highest BCUT2D eigenvalue weighted by molar-refractivity contribution is 9.10. The van der Waals surface area contributed by atoms with E-state index >= 15 is 0 Å². The maximum absolute atomic E-state index is 13.0. The summed E-state index contributed by atoms with van der Waals surface area (Å²) >= 11 is 3.52. The lowest BCUT2D eigenvalue weighted by Crippen LogP contribution is -2.31. The van der Waals surface area contributed by atoms with Crippen molar-refractivity contribution in [2.24, 2.45) is 0 Å². The molecule has 0 heterocycles. The van der Waals surface area contributed by atoms with Gasteiger partial charge in [0.2, 0.25) is 0 Å². The van der Waals surface area contributed by atoms with Gasteiger partial charge in [0.25, 0.3) is 0 Å². The molecule has 1 N–H and O–H groups in total. The Balaban J connectivity index is 0.00000338. The zero-order chi connectivity index (χ0) is 18.1. The normalized spacial score (nSPS) is 10.3. The minimum absolute atomic E-state index is 0. The molecule has 27 heavy (non-hydrogen) atoms. The van der Waals surface area contributed by atoms with Gasteiger partial charge in [-0.1, -0.05) is 41.9 Å². The summed E-state index contributed by atoms with van der Waals surface area (Å²) < 4.78 is 20.0. The molecule has 0 aliphatic rings. The molecule has 0 atom stereocenters. The van der Waals surface area contributed by atoms with Crippen molar-refractivity contribution in [1.29, 1.82) is 0 Å². The van der Waals surface area contributed by atoms with Crippen molar-refractivity contribution in [1.82, 2.24) is 10.2 Å². The number of halogens is 4. The van der Waals surface area contributed by atoms with Crippen molar-refractivity contribution >= 4 is 40.7 Å². The van der Waals surface area contributed by atoms with Gasteiger partial charge in [0.1, 0.15) is 18.2 Å². The second-order valence-corrected chi connectivity index (χ2v) is 6.79. The molecule has 0 spiro atoms. The van der Waals surface area contributed by atoms with Crippen LogP contribution in [0.15, 0.2) is 46.9 Å². The lowest BCUT2D eigenvalue weighted by Gasteiger charge is -2.18. The molecule has 0 amide bonds. The predicted octanol–water partition coefficient (Wildman–Crippen LogP) is 5.44. The van der Waals surface area contributed by atoms with Crippen LogP contribution < -0.4 is 10.1 Å². The zero-order valence-electron chi connectivity index (χ0n) is 15.7. The average Bonchev–Trinajstić information content (AvgIpc) is 2.62. The summed E-state index contributed by atoms with van der Waals surface area (Å²) in [5.41, 5.74) is 2.06. The Morgan fingerprint density at radius 3 is 2.33 bits per heavy atom. The van der Waals surface area contributed by atoms with E-state index in [0.29, 0.717) is 6.61 Å². The summed E-state index contributed by atoms with van der Waals surface area (Å²) in [4.78, 5) is 2.39. The fourth-order valence-corrected chi connectivity index (χ4v) is 2.98. The quantitative estimate of drug-likeness (QED) is 0.457. The average molecular weight is 482 g/mol. The van der Waals surface area contributed by atoms with E-state index in [1.807, 2.05) is 12.1 Å². The number of rotatable bonds is 10. The standard InChI is InChI=1S/C20H26BrFN2O.2ClH/c1-3-24(4-2)12-11-23-14-17-13-18(21)7-10-20(17)25-15-16-5-8-19(22)9-6-16;;/h5-10,13,23H,3-4,11-12,14-15H2,1-2H3;2*1H. The third kappa shape index (κ3) is 9.26. The number of nitrogens with zero attached hydrogens (tertiary/aromatic N) is 1. The van der Waals surface area contributed by atoms with Gasteiger partial charge in [0, 0.05) is 29.7 Å². The van der Waals surface area contributed by atoms with E-state index in [1.165, 1.54) is 12.1 Å². The van der Waals surface area contributed by atoms with E-state index in [2.05, 4.69) is 46.1 Å². The van der Waals surface area contributed by atoms with Crippen LogP contribution in [0.1, 0.15) is 25.0 Å². The van der Waals surface area contributed by atoms with Gasteiger partial charge in [0.15, 0.2) is 0 Å². The minimum atomic E-state index is -0.231. The van der Waals surface area contributed by atoms with Gasteiger partial charge in [-0.25, -0.2) is 4.39 Å². The number of nitrogens with one attached hydrogen (secondary N) is 1. The molecule has 2 aromatic carbocycles. The smallest absolute Gasteiger partial charge is 0.124 e. The van der Waals surface area contributed by atoms with Gasteiger partial charge in [-0.15, -0.1) is 24.8 Å². The molecule has 0 saturated carbocycles. The summed E-state index contributed by atoms with van der Waals surface area (Å²) in [5.74, 6) is 0.619. The Hall–Kier alpha value is -0.850. The molecule has 2 aromatic rings. The second-order valence-electron chi connectivity index (χ2n) is 5.87. The molecule has 0 saturated heterocycles. The van der Waals surface area contributed by atoms with Gasteiger partial charge in [-0.2, -0.15) is 0 Å². The Bertz CT molecular complexity index is 655. The molecule has 0 aromatic heterocycles. The van der Waals surface area contributed by atoms with Crippen molar-refractivity contribution in [2.45, 2.75) is 27.0 Å². The number of ether oxygens (including phenoxy) is 1. The van der Waals surface area contributed by atoms with Crippen LogP contribution in [0, 0.1) is 5.82 Å². The van der Waals surface area contributed by atoms with Crippen LogP contribution in [0.5, 0.6) is 5.75 Å². The largest absolute Gasteiger partial charge is 0.489 e. The first kappa shape index (κ1) is 26.1. The van der Waals surface area contributed by atoms with Crippen LogP contribution >= 0.6 is 40.7 Å². The molecule has 0 radical (unpaired) electrons. The second kappa shape index (κ2) is 14.2. The van der Waals surface area contributed by atoms with Gasteiger partial charge in [0.05, 0.1) is 0 Å². The van der Waals surface area contributed by atoms with Crippen LogP contribution in [0.4, 0.5) is 4.39 Å². The summed E-state index contributed by atoms with van der Waals surface area (Å²) in [6.45, 7) is 9.65. The highest BCUT2D eigenvalue weighted by Gasteiger charge is 2.06. The SMILES string of the molecule is CCN(CC)CCNCc1cc(Br)ccc1OCc1ccc(F)cc1.Cl.Cl. The maximum atomic E-state index is 13.0. The molecular weight excluding hydrogens is 454 g/mol. The van der Waals surface area contributed by atoms with Crippen LogP contribution in [-0.2, 0) is 13.2 Å². The lowest BCUT2D eigenvalue weighted by atomic mass is 10.2. The molecule has 7 heteroatoms. The van der Waals surface area contributed by atoms with Crippen molar-refractivity contribution in [3.63, 3.8) is 0 Å². The van der Waals surface area contributed by atoms with Gasteiger partial charge < -0.3 is 15.0 Å². The zero-order valence-corrected chi connectivity index (χ0v) is 18.9. The molecule has 0 aliphatic heterocycles. The fraction of sp³-hybridized carbons (Fsp3) is 0.400. The summed E-state index contributed by atoms with van der Waals surface area (Å²) in [5, 5.41) is 3.48. The Morgan fingerprint density at radius 1 is 1.04 bits per heavy atom. The first-order valence-corrected chi connectivity index (χ1v) is 9.50. The lowest BCUT2D eigenvalue weighted by molar-refractivity contribution is 0.295. The third-order valence-electron chi connectivity index (χ3n) is 4.14. The molecule has 0 bridgehead atoms. The predicted molar refractivity (Wildman–Crippen MR) is 119 cm³/mol. The summed E-state index contributed by atoms with van der Waals surface area (Å²) in [7, 11) is 0. The molecule has 152 valence electrons. The van der Waals surface area contributed by atoms with Crippen LogP contribution in [0.3, 0.4) is 0 Å². The highest BCUT2D eigenvalue weighted by atomic mass is 79.9. The van der Waals surface area contributed by atoms with Gasteiger partial charge in [-0.05, 0) is 49.0 Å². The van der Waals surface area contributed by atoms with Crippen molar-refractivity contribution < 1.29 is 9.13 Å². The molecule has 0 fully saturated rings. The van der Waals surface area contributed by atoms with Crippen LogP contribution in [0.25, 0.3) is 0 Å². The van der Waals surface area contributed by atoms with Crippen molar-refractivity contribution in [3.8, 4) is 5.75 Å². The van der Waals surface area contributed by atoms with E-state index < -0.39 is 0 Å². The summed E-state index contributed by atoms with van der Waals surface area (Å²) in [6.07, 6.45) is 0. The van der Waals surface area contributed by atoms with Crippen molar-refractivity contribution in [2.75, 3.05) is 26.2 Å². The Labute approximate surface area is 182 Å². The molecular formula is C20H28BrCl2FN2O. The number of likely N-dealkylation sites (N-methyl/N-ethyl adjacent to an activating group) is 1. The topological polar surface area (TPSA) is 24.5 Å². The van der Waals surface area contributed by atoms with E-state index in [9.17, 15) is 4.39 Å². The highest BCUT2D eigenvalue weighted by Crippen LogP contribution is 2.24. The third-order valence-corrected chi connectivity index (χ3v) is 4.64. The minimum Gasteiger partial charge on any atom is -0.489 e. The van der Waals surface area contributed by atoms with E-state index in [4.69, 9.17) is 4.74 Å². The van der Waals surface area contributed by atoms with E-state index in [1.54, 1.807) is 12.1 Å². The van der Waals surface area contributed by atoms with E-state index in [0.717, 1.165) is 54.1 Å². The first-order chi connectivity index (χ1) is 12.1. The van der Waals surface area contributed by atoms with Crippen LogP contribution in [-0.4, -0.2) is 31.1 Å². The fourth-order valence-electron chi connectivity index (χ4n) is 2.57.